The highest BCUT2D eigenvalue weighted by Gasteiger charge is 2.18. The third-order valence-corrected chi connectivity index (χ3v) is 5.63. The largest absolute Gasteiger partial charge is 0.392 e. The smallest absolute Gasteiger partial charge is 0.166 e. The molecule has 1 heterocycles. The lowest BCUT2D eigenvalue weighted by Crippen LogP contribution is -2.36. The van der Waals surface area contributed by atoms with Crippen LogP contribution in [-0.2, 0) is 19.4 Å². The number of hydrogen-bond acceptors (Lipinski definition) is 2. The molecule has 1 aliphatic heterocycles. The van der Waals surface area contributed by atoms with Crippen molar-refractivity contribution in [1.29, 1.82) is 0 Å². The first-order chi connectivity index (χ1) is 14.1. The van der Waals surface area contributed by atoms with Gasteiger partial charge in [0.1, 0.15) is 0 Å². The fraction of sp³-hybridized carbons (Fsp3) is 0.280. The summed E-state index contributed by atoms with van der Waals surface area (Å²) in [4.78, 5) is 2.30. The van der Waals surface area contributed by atoms with Gasteiger partial charge < -0.3 is 5.11 Å². The van der Waals surface area contributed by atoms with Crippen LogP contribution in [0.2, 0.25) is 0 Å². The van der Waals surface area contributed by atoms with Gasteiger partial charge in [-0.3, -0.25) is 4.90 Å². The number of aryl methyl sites for hydroxylation is 1. The molecule has 0 fully saturated rings. The first-order valence-corrected chi connectivity index (χ1v) is 10.1. The highest BCUT2D eigenvalue weighted by Crippen LogP contribution is 2.26. The Morgan fingerprint density at radius 2 is 1.72 bits per heavy atom. The fourth-order valence-corrected chi connectivity index (χ4v) is 4.05. The molecule has 0 amide bonds. The van der Waals surface area contributed by atoms with E-state index in [1.54, 1.807) is 12.1 Å². The molecule has 2 nitrogen and oxygen atoms in total. The minimum absolute atomic E-state index is 0.263. The van der Waals surface area contributed by atoms with E-state index in [0.717, 1.165) is 31.1 Å². The van der Waals surface area contributed by atoms with E-state index in [4.69, 9.17) is 0 Å². The normalized spacial score (nSPS) is 15.1. The van der Waals surface area contributed by atoms with Crippen LogP contribution >= 0.6 is 0 Å². The molecule has 0 saturated carbocycles. The zero-order chi connectivity index (χ0) is 20.2. The summed E-state index contributed by atoms with van der Waals surface area (Å²) in [6.07, 6.45) is 1.92. The van der Waals surface area contributed by atoms with Crippen molar-refractivity contribution in [3.05, 3.63) is 95.1 Å². The van der Waals surface area contributed by atoms with Gasteiger partial charge in [-0.1, -0.05) is 60.7 Å². The van der Waals surface area contributed by atoms with Crippen molar-refractivity contribution < 1.29 is 13.9 Å². The number of nitrogens with zero attached hydrogens (tertiary/aromatic N) is 1. The Hall–Kier alpha value is -2.56. The lowest BCUT2D eigenvalue weighted by atomic mass is 9.98. The van der Waals surface area contributed by atoms with Crippen LogP contribution in [0.5, 0.6) is 0 Å². The monoisotopic (exact) mass is 393 g/mol. The molecule has 0 spiro atoms. The molecule has 1 atom stereocenters. The van der Waals surface area contributed by atoms with Gasteiger partial charge in [0.05, 0.1) is 6.10 Å². The van der Waals surface area contributed by atoms with E-state index < -0.39 is 17.7 Å². The number of β-amino-alcohol motifs (C(OH)–C–C–N with tert-alkyl or cyclic N) is 1. The first-order valence-electron chi connectivity index (χ1n) is 10.1. The van der Waals surface area contributed by atoms with Gasteiger partial charge in [0.15, 0.2) is 11.6 Å². The maximum atomic E-state index is 14.1. The van der Waals surface area contributed by atoms with Gasteiger partial charge in [-0.05, 0) is 47.6 Å². The molecular weight excluding hydrogens is 368 g/mol. The average molecular weight is 393 g/mol. The minimum Gasteiger partial charge on any atom is -0.392 e. The fourth-order valence-electron chi connectivity index (χ4n) is 4.05. The third kappa shape index (κ3) is 4.72. The number of fused-ring (bicyclic) bond motifs is 1. The van der Waals surface area contributed by atoms with Crippen molar-refractivity contribution in [3.63, 3.8) is 0 Å². The SMILES string of the molecule is OC(CCc1cccc(-c2cccc(F)c2F)c1)CN1CCc2ccccc2C1. The highest BCUT2D eigenvalue weighted by molar-refractivity contribution is 5.65. The van der Waals surface area contributed by atoms with Crippen molar-refractivity contribution in [3.8, 4) is 11.1 Å². The number of benzene rings is 3. The molecule has 0 bridgehead atoms. The van der Waals surface area contributed by atoms with Gasteiger partial charge in [0, 0.05) is 25.2 Å². The van der Waals surface area contributed by atoms with E-state index >= 15 is 0 Å². The summed E-state index contributed by atoms with van der Waals surface area (Å²) >= 11 is 0. The summed E-state index contributed by atoms with van der Waals surface area (Å²) in [5.41, 5.74) is 4.67. The van der Waals surface area contributed by atoms with E-state index in [1.807, 2.05) is 18.2 Å². The molecule has 1 aliphatic rings. The van der Waals surface area contributed by atoms with Gasteiger partial charge in [-0.25, -0.2) is 8.78 Å². The number of aliphatic hydroxyl groups excluding tert-OH is 1. The number of hydrogen-bond donors (Lipinski definition) is 1. The van der Waals surface area contributed by atoms with E-state index in [1.165, 1.54) is 17.2 Å². The lowest BCUT2D eigenvalue weighted by molar-refractivity contribution is 0.0989. The van der Waals surface area contributed by atoms with Gasteiger partial charge in [-0.15, -0.1) is 0 Å². The molecule has 1 unspecified atom stereocenters. The Labute approximate surface area is 170 Å². The molecule has 0 aromatic heterocycles. The maximum absolute atomic E-state index is 14.1. The Morgan fingerprint density at radius 3 is 2.59 bits per heavy atom. The lowest BCUT2D eigenvalue weighted by Gasteiger charge is -2.30. The number of aliphatic hydroxyl groups is 1. The summed E-state index contributed by atoms with van der Waals surface area (Å²) in [5, 5.41) is 10.5. The Morgan fingerprint density at radius 1 is 0.931 bits per heavy atom. The van der Waals surface area contributed by atoms with E-state index in [9.17, 15) is 13.9 Å². The molecule has 3 aromatic carbocycles. The summed E-state index contributed by atoms with van der Waals surface area (Å²) in [7, 11) is 0. The molecule has 4 rings (SSSR count). The van der Waals surface area contributed by atoms with E-state index in [0.29, 0.717) is 24.9 Å². The van der Waals surface area contributed by atoms with Crippen LogP contribution in [-0.4, -0.2) is 29.2 Å². The summed E-state index contributed by atoms with van der Waals surface area (Å²) in [6.45, 7) is 2.48. The molecule has 0 aliphatic carbocycles. The predicted octanol–water partition coefficient (Wildman–Crippen LogP) is 4.98. The van der Waals surface area contributed by atoms with Crippen LogP contribution in [0.25, 0.3) is 11.1 Å². The molecule has 1 N–H and O–H groups in total. The number of rotatable bonds is 6. The van der Waals surface area contributed by atoms with Crippen molar-refractivity contribution in [2.24, 2.45) is 0 Å². The second-order valence-electron chi connectivity index (χ2n) is 7.75. The van der Waals surface area contributed by atoms with Crippen molar-refractivity contribution in [2.75, 3.05) is 13.1 Å². The van der Waals surface area contributed by atoms with Crippen LogP contribution in [0.3, 0.4) is 0 Å². The third-order valence-electron chi connectivity index (χ3n) is 5.63. The Bertz CT molecular complexity index is 988. The van der Waals surface area contributed by atoms with Crippen LogP contribution in [0.4, 0.5) is 8.78 Å². The van der Waals surface area contributed by atoms with Crippen LogP contribution in [0.1, 0.15) is 23.1 Å². The van der Waals surface area contributed by atoms with Gasteiger partial charge in [-0.2, -0.15) is 0 Å². The highest BCUT2D eigenvalue weighted by atomic mass is 19.2. The summed E-state index contributed by atoms with van der Waals surface area (Å²) in [5.74, 6) is -1.67. The zero-order valence-electron chi connectivity index (χ0n) is 16.3. The first kappa shape index (κ1) is 19.7. The molecular formula is C25H25F2NO. The van der Waals surface area contributed by atoms with Gasteiger partial charge >= 0.3 is 0 Å². The Balaban J connectivity index is 1.35. The van der Waals surface area contributed by atoms with Crippen molar-refractivity contribution in [1.82, 2.24) is 4.90 Å². The second kappa shape index (κ2) is 8.85. The number of halogens is 2. The summed E-state index contributed by atoms with van der Waals surface area (Å²) < 4.78 is 27.6. The zero-order valence-corrected chi connectivity index (χ0v) is 16.3. The predicted molar refractivity (Wildman–Crippen MR) is 112 cm³/mol. The maximum Gasteiger partial charge on any atom is 0.166 e. The van der Waals surface area contributed by atoms with Gasteiger partial charge in [0.25, 0.3) is 0 Å². The van der Waals surface area contributed by atoms with E-state index in [2.05, 4.69) is 29.2 Å². The standard InChI is InChI=1S/C25H25F2NO/c26-24-10-4-9-23(25(24)27)20-8-3-5-18(15-20)11-12-22(29)17-28-14-13-19-6-1-2-7-21(19)16-28/h1-10,15,22,29H,11-14,16-17H2. The van der Waals surface area contributed by atoms with Crippen molar-refractivity contribution >= 4 is 0 Å². The molecule has 0 radical (unpaired) electrons. The molecule has 0 saturated heterocycles. The molecule has 150 valence electrons. The van der Waals surface area contributed by atoms with Crippen LogP contribution in [0.15, 0.2) is 66.7 Å². The van der Waals surface area contributed by atoms with Crippen molar-refractivity contribution in [2.45, 2.75) is 31.9 Å². The van der Waals surface area contributed by atoms with Gasteiger partial charge in [0.2, 0.25) is 0 Å². The molecule has 3 aromatic rings. The molecule has 29 heavy (non-hydrogen) atoms. The minimum atomic E-state index is -0.841. The Kier molecular flexibility index (Phi) is 6.02. The van der Waals surface area contributed by atoms with E-state index in [-0.39, 0.29) is 5.56 Å². The summed E-state index contributed by atoms with van der Waals surface area (Å²) in [6, 6.07) is 20.2. The van der Waals surface area contributed by atoms with Crippen LogP contribution < -0.4 is 0 Å². The quantitative estimate of drug-likeness (QED) is 0.638. The van der Waals surface area contributed by atoms with Crippen LogP contribution in [0, 0.1) is 11.6 Å². The topological polar surface area (TPSA) is 23.5 Å². The average Bonchev–Trinajstić information content (AvgIpc) is 2.74. The molecule has 4 heteroatoms. The second-order valence-corrected chi connectivity index (χ2v) is 7.75.